The van der Waals surface area contributed by atoms with E-state index in [-0.39, 0.29) is 11.7 Å². The molecule has 3 aromatic carbocycles. The van der Waals surface area contributed by atoms with Gasteiger partial charge in [-0.05, 0) is 80.4 Å². The number of carbonyl (C=O) groups is 1. The minimum Gasteiger partial charge on any atom is -0.504 e. The first-order valence-electron chi connectivity index (χ1n) is 23.4. The number of para-hydroxylation sites is 1. The summed E-state index contributed by atoms with van der Waals surface area (Å²) in [6, 6.07) is 26.7. The van der Waals surface area contributed by atoms with Crippen molar-refractivity contribution < 1.29 is 14.6 Å². The number of rotatable bonds is 11. The lowest BCUT2D eigenvalue weighted by molar-refractivity contribution is -0.114. The van der Waals surface area contributed by atoms with Crippen LogP contribution in [0.15, 0.2) is 153 Å². The average molecular weight is 948 g/mol. The van der Waals surface area contributed by atoms with Crippen LogP contribution in [-0.4, -0.2) is 111 Å². The second-order valence-electron chi connectivity index (χ2n) is 17.4. The quantitative estimate of drug-likeness (QED) is 0.0964. The van der Waals surface area contributed by atoms with E-state index in [0.29, 0.717) is 11.6 Å². The van der Waals surface area contributed by atoms with Crippen molar-refractivity contribution in [2.75, 3.05) is 67.7 Å². The SMILES string of the molecule is CC(=O)Nc1cccc(-c2cn3ccnc3c(Nc3ccccc3)n2)c1.CN1CCN(c2nc(-c3cccnc3)cn3ccnc23)CC1.COc1cc(-c2cn3ccnc3c(NCC3CC3)n2)ccc1O. The number of aromatic hydroxyl groups is 1. The zero-order valence-electron chi connectivity index (χ0n) is 39.6. The van der Waals surface area contributed by atoms with Crippen molar-refractivity contribution in [2.45, 2.75) is 19.8 Å². The third-order valence-electron chi connectivity index (χ3n) is 12.1. The number of phenolic OH excluding ortho intramolecular Hbond substituents is 1. The number of piperazine rings is 1. The smallest absolute Gasteiger partial charge is 0.221 e. The molecule has 1 saturated carbocycles. The Balaban J connectivity index is 0.000000123. The topological polar surface area (TPSA) is 193 Å². The fraction of sp³-hybridized carbons (Fsp3) is 0.208. The van der Waals surface area contributed by atoms with Crippen LogP contribution in [0.5, 0.6) is 11.5 Å². The number of pyridine rings is 1. The number of nitrogens with one attached hydrogen (secondary N) is 3. The summed E-state index contributed by atoms with van der Waals surface area (Å²) in [4.78, 5) is 47.7. The largest absolute Gasteiger partial charge is 0.504 e. The number of ether oxygens (including phenoxy) is 1. The number of phenols is 1. The van der Waals surface area contributed by atoms with Crippen molar-refractivity contribution in [3.63, 3.8) is 0 Å². The van der Waals surface area contributed by atoms with E-state index in [0.717, 1.165) is 112 Å². The van der Waals surface area contributed by atoms with E-state index >= 15 is 0 Å². The lowest BCUT2D eigenvalue weighted by atomic mass is 10.1. The molecule has 358 valence electrons. The summed E-state index contributed by atoms with van der Waals surface area (Å²) in [5, 5.41) is 19.3. The molecular weight excluding hydrogens is 895 g/mol. The molecule has 18 heteroatoms. The minimum absolute atomic E-state index is 0.105. The summed E-state index contributed by atoms with van der Waals surface area (Å²) in [5.74, 6) is 3.61. The number of anilines is 5. The Hall–Kier alpha value is -8.90. The highest BCUT2D eigenvalue weighted by atomic mass is 16.5. The fourth-order valence-corrected chi connectivity index (χ4v) is 8.16. The normalized spacial score (nSPS) is 13.5. The summed E-state index contributed by atoms with van der Waals surface area (Å²) < 4.78 is 11.1. The number of carbonyl (C=O) groups excluding carboxylic acids is 1. The van der Waals surface area contributed by atoms with Crippen LogP contribution < -0.4 is 25.6 Å². The number of fused-ring (bicyclic) bond motifs is 3. The van der Waals surface area contributed by atoms with Crippen LogP contribution in [0.4, 0.5) is 28.8 Å². The Kier molecular flexibility index (Phi) is 13.4. The molecule has 12 rings (SSSR count). The zero-order chi connectivity index (χ0) is 48.7. The van der Waals surface area contributed by atoms with Crippen molar-refractivity contribution in [3.05, 3.63) is 153 Å². The Bertz CT molecular complexity index is 3420. The van der Waals surface area contributed by atoms with Gasteiger partial charge in [-0.1, -0.05) is 30.3 Å². The molecule has 18 nitrogen and oxygen atoms in total. The maximum absolute atomic E-state index is 11.3. The molecule has 1 aliphatic carbocycles. The van der Waals surface area contributed by atoms with Crippen molar-refractivity contribution in [1.82, 2.24) is 53.0 Å². The fourth-order valence-electron chi connectivity index (χ4n) is 8.16. The molecule has 8 heterocycles. The van der Waals surface area contributed by atoms with E-state index in [1.807, 2.05) is 136 Å². The molecule has 1 saturated heterocycles. The third kappa shape index (κ3) is 10.9. The number of likely N-dealkylation sites (N-methyl/N-ethyl adjacent to an activating group) is 1. The number of amides is 1. The van der Waals surface area contributed by atoms with Crippen LogP contribution in [0.1, 0.15) is 19.8 Å². The van der Waals surface area contributed by atoms with Crippen LogP contribution in [0, 0.1) is 5.92 Å². The van der Waals surface area contributed by atoms with Crippen molar-refractivity contribution in [2.24, 2.45) is 5.92 Å². The number of methoxy groups -OCH3 is 1. The van der Waals surface area contributed by atoms with E-state index in [1.54, 1.807) is 30.7 Å². The second-order valence-corrected chi connectivity index (χ2v) is 17.4. The van der Waals surface area contributed by atoms with E-state index in [9.17, 15) is 9.90 Å². The molecule has 0 unspecified atom stereocenters. The van der Waals surface area contributed by atoms with Gasteiger partial charge in [-0.3, -0.25) is 9.78 Å². The van der Waals surface area contributed by atoms with Gasteiger partial charge in [-0.25, -0.2) is 29.9 Å². The molecule has 1 aliphatic heterocycles. The van der Waals surface area contributed by atoms with Gasteiger partial charge in [0.05, 0.1) is 24.2 Å². The molecule has 0 bridgehead atoms. The maximum Gasteiger partial charge on any atom is 0.221 e. The molecule has 7 aromatic heterocycles. The lowest BCUT2D eigenvalue weighted by Gasteiger charge is -2.33. The first kappa shape index (κ1) is 45.9. The van der Waals surface area contributed by atoms with Gasteiger partial charge in [-0.15, -0.1) is 0 Å². The number of benzene rings is 3. The summed E-state index contributed by atoms with van der Waals surface area (Å²) in [6.07, 6.45) is 23.1. The Morgan fingerprint density at radius 3 is 1.96 bits per heavy atom. The summed E-state index contributed by atoms with van der Waals surface area (Å²) in [6.45, 7) is 6.46. The highest BCUT2D eigenvalue weighted by Gasteiger charge is 2.22. The van der Waals surface area contributed by atoms with Crippen LogP contribution in [-0.2, 0) is 4.79 Å². The molecule has 10 aromatic rings. The molecular formula is C53H53N15O3. The zero-order valence-corrected chi connectivity index (χ0v) is 39.6. The predicted octanol–water partition coefficient (Wildman–Crippen LogP) is 8.57. The van der Waals surface area contributed by atoms with Gasteiger partial charge in [0.1, 0.15) is 0 Å². The van der Waals surface area contributed by atoms with Crippen LogP contribution >= 0.6 is 0 Å². The van der Waals surface area contributed by atoms with Crippen LogP contribution in [0.25, 0.3) is 50.7 Å². The molecule has 0 spiro atoms. The highest BCUT2D eigenvalue weighted by molar-refractivity contribution is 5.89. The van der Waals surface area contributed by atoms with E-state index in [1.165, 1.54) is 26.9 Å². The van der Waals surface area contributed by atoms with E-state index in [2.05, 4.69) is 52.7 Å². The summed E-state index contributed by atoms with van der Waals surface area (Å²) in [7, 11) is 3.69. The van der Waals surface area contributed by atoms with Crippen LogP contribution in [0.3, 0.4) is 0 Å². The Morgan fingerprint density at radius 1 is 0.676 bits per heavy atom. The minimum atomic E-state index is -0.105. The van der Waals surface area contributed by atoms with Gasteiger partial charge in [-0.2, -0.15) is 0 Å². The van der Waals surface area contributed by atoms with E-state index < -0.39 is 0 Å². The van der Waals surface area contributed by atoms with Gasteiger partial charge in [0, 0.05) is 136 Å². The van der Waals surface area contributed by atoms with Gasteiger partial charge in [0.15, 0.2) is 45.9 Å². The van der Waals surface area contributed by atoms with Gasteiger partial charge >= 0.3 is 0 Å². The number of hydrogen-bond donors (Lipinski definition) is 4. The summed E-state index contributed by atoms with van der Waals surface area (Å²) >= 11 is 0. The predicted molar refractivity (Wildman–Crippen MR) is 276 cm³/mol. The number of nitrogens with zero attached hydrogens (tertiary/aromatic N) is 12. The standard InChI is InChI=1S/C20H17N5O.C17H18N4O2.C16H18N6/c1-14(26)22-17-9-5-6-15(12-17)18-13-25-11-10-21-20(25)19(24-18)23-16-7-3-2-4-8-16;1-23-15-8-12(4-5-14(15)22)13-10-21-7-6-18-17(21)16(20-13)19-9-11-2-3-11;1-20-7-9-21(10-8-20)16-15-18-5-6-22(15)12-14(19-16)13-3-2-4-17-11-13/h2-13H,1H3,(H,22,26)(H,23,24);4-8,10-11,22H,2-3,9H2,1H3,(H,19,20);2-6,11-12H,7-10H2,1H3. The van der Waals surface area contributed by atoms with Crippen molar-refractivity contribution >= 4 is 51.7 Å². The van der Waals surface area contributed by atoms with Gasteiger partial charge in [0.2, 0.25) is 5.91 Å². The van der Waals surface area contributed by atoms with Crippen molar-refractivity contribution in [3.8, 4) is 45.3 Å². The summed E-state index contributed by atoms with van der Waals surface area (Å²) in [5.41, 5.74) is 9.46. The Labute approximate surface area is 409 Å². The maximum atomic E-state index is 11.3. The Morgan fingerprint density at radius 2 is 1.30 bits per heavy atom. The molecule has 0 radical (unpaired) electrons. The van der Waals surface area contributed by atoms with Crippen molar-refractivity contribution in [1.29, 1.82) is 0 Å². The average Bonchev–Trinajstić information content (AvgIpc) is 3.69. The first-order valence-corrected chi connectivity index (χ1v) is 23.4. The number of hydrogen-bond acceptors (Lipinski definition) is 14. The molecule has 4 N–H and O–H groups in total. The van der Waals surface area contributed by atoms with Gasteiger partial charge in [0.25, 0.3) is 0 Å². The monoisotopic (exact) mass is 947 g/mol. The number of imidazole rings is 3. The van der Waals surface area contributed by atoms with Crippen LogP contribution in [0.2, 0.25) is 0 Å². The molecule has 71 heavy (non-hydrogen) atoms. The number of aromatic nitrogens is 10. The first-order chi connectivity index (χ1) is 34.7. The molecule has 2 fully saturated rings. The molecule has 1 amide bonds. The third-order valence-corrected chi connectivity index (χ3v) is 12.1. The molecule has 2 aliphatic rings. The van der Waals surface area contributed by atoms with Gasteiger partial charge < -0.3 is 48.8 Å². The highest BCUT2D eigenvalue weighted by Crippen LogP contribution is 2.33. The molecule has 0 atom stereocenters. The second kappa shape index (κ2) is 20.8. The lowest BCUT2D eigenvalue weighted by Crippen LogP contribution is -2.45. The van der Waals surface area contributed by atoms with E-state index in [4.69, 9.17) is 19.7 Å².